The molecule has 0 bridgehead atoms. The maximum Gasteiger partial charge on any atom is 0.228 e. The van der Waals surface area contributed by atoms with Crippen molar-refractivity contribution in [2.75, 3.05) is 20.3 Å². The maximum atomic E-state index is 11.7. The molecular weight excluding hydrogens is 408 g/mol. The van der Waals surface area contributed by atoms with E-state index >= 15 is 0 Å². The van der Waals surface area contributed by atoms with E-state index in [1.165, 1.54) is 0 Å². The molecule has 7 nitrogen and oxygen atoms in total. The molecule has 2 amide bonds. The number of hydrogen-bond donors (Lipinski definition) is 2. The molecule has 7 heteroatoms. The van der Waals surface area contributed by atoms with E-state index in [9.17, 15) is 9.59 Å². The van der Waals surface area contributed by atoms with Crippen LogP contribution in [0.25, 0.3) is 0 Å². The van der Waals surface area contributed by atoms with Crippen LogP contribution in [0.5, 0.6) is 5.75 Å². The highest BCUT2D eigenvalue weighted by Gasteiger charge is 2.41. The molecule has 4 fully saturated rings. The summed E-state index contributed by atoms with van der Waals surface area (Å²) in [5, 5.41) is 0. The van der Waals surface area contributed by atoms with Gasteiger partial charge in [0.25, 0.3) is 0 Å². The Morgan fingerprint density at radius 1 is 0.906 bits per heavy atom. The first-order valence-corrected chi connectivity index (χ1v) is 11.9. The van der Waals surface area contributed by atoms with Crippen molar-refractivity contribution in [1.82, 2.24) is 0 Å². The van der Waals surface area contributed by atoms with Crippen LogP contribution in [0, 0.1) is 5.92 Å². The van der Waals surface area contributed by atoms with Crippen LogP contribution in [0.4, 0.5) is 0 Å². The van der Waals surface area contributed by atoms with Gasteiger partial charge in [-0.3, -0.25) is 9.59 Å². The highest BCUT2D eigenvalue weighted by Crippen LogP contribution is 2.41. The van der Waals surface area contributed by atoms with Crippen molar-refractivity contribution in [3.63, 3.8) is 0 Å². The third-order valence-electron chi connectivity index (χ3n) is 6.43. The summed E-state index contributed by atoms with van der Waals surface area (Å²) in [7, 11) is 1.63. The zero-order valence-electron chi connectivity index (χ0n) is 19.8. The number of primary amides is 2. The van der Waals surface area contributed by atoms with E-state index in [1.807, 2.05) is 38.1 Å². The molecule has 32 heavy (non-hydrogen) atoms. The first-order chi connectivity index (χ1) is 15.5. The molecule has 0 spiro atoms. The van der Waals surface area contributed by atoms with E-state index < -0.39 is 5.41 Å². The predicted molar refractivity (Wildman–Crippen MR) is 124 cm³/mol. The van der Waals surface area contributed by atoms with Gasteiger partial charge >= 0.3 is 0 Å². The average Bonchev–Trinajstić information content (AvgIpc) is 3.17. The highest BCUT2D eigenvalue weighted by atomic mass is 16.6. The minimum atomic E-state index is -0.438. The largest absolute Gasteiger partial charge is 0.497 e. The standard InChI is InChI=1S/C13H17NO2.C6H10O2.C4H7NO.C2H6/c1-16-11-6-4-10(5-7-11)13(12(14)15)8-2-3-9-13;1-3-7-6-2-4-8-5(1)6;5-4(6)3-1-2-3;1-2/h4-7H,2-3,8-9H2,1H3,(H2,14,15);5-6H,1-4H2;3H,1-2H2,(H2,5,6);1-2H3. The van der Waals surface area contributed by atoms with Crippen molar-refractivity contribution in [2.24, 2.45) is 17.4 Å². The summed E-state index contributed by atoms with van der Waals surface area (Å²) in [5.74, 6) is 0.719. The van der Waals surface area contributed by atoms with Gasteiger partial charge in [-0.2, -0.15) is 0 Å². The van der Waals surface area contributed by atoms with Crippen molar-refractivity contribution < 1.29 is 23.8 Å². The smallest absolute Gasteiger partial charge is 0.228 e. The maximum absolute atomic E-state index is 11.7. The lowest BCUT2D eigenvalue weighted by atomic mass is 9.78. The predicted octanol–water partition coefficient (Wildman–Crippen LogP) is 3.46. The lowest BCUT2D eigenvalue weighted by molar-refractivity contribution is -0.123. The van der Waals surface area contributed by atoms with Gasteiger partial charge in [0.15, 0.2) is 0 Å². The van der Waals surface area contributed by atoms with Crippen molar-refractivity contribution >= 4 is 11.8 Å². The third kappa shape index (κ3) is 6.94. The van der Waals surface area contributed by atoms with Crippen LogP contribution in [0.15, 0.2) is 24.3 Å². The summed E-state index contributed by atoms with van der Waals surface area (Å²) >= 11 is 0. The number of amides is 2. The molecule has 2 heterocycles. The summed E-state index contributed by atoms with van der Waals surface area (Å²) < 4.78 is 15.8. The summed E-state index contributed by atoms with van der Waals surface area (Å²) in [6, 6.07) is 7.68. The summed E-state index contributed by atoms with van der Waals surface area (Å²) in [6.45, 7) is 5.82. The van der Waals surface area contributed by atoms with Gasteiger partial charge < -0.3 is 25.7 Å². The van der Waals surface area contributed by atoms with Gasteiger partial charge in [-0.1, -0.05) is 38.8 Å². The van der Waals surface area contributed by atoms with E-state index in [0.717, 1.165) is 75.9 Å². The topological polar surface area (TPSA) is 114 Å². The second kappa shape index (κ2) is 12.8. The fourth-order valence-electron chi connectivity index (χ4n) is 4.36. The molecule has 4 N–H and O–H groups in total. The number of rotatable bonds is 4. The SMILES string of the molecule is C1CC2OCCC2O1.CC.COc1ccc(C2(C(N)=O)CCCC2)cc1.NC(=O)C1CC1. The molecule has 2 aliphatic carbocycles. The fraction of sp³-hybridized carbons (Fsp3) is 0.680. The van der Waals surface area contributed by atoms with Gasteiger partial charge in [-0.15, -0.1) is 0 Å². The Morgan fingerprint density at radius 2 is 1.41 bits per heavy atom. The van der Waals surface area contributed by atoms with Crippen molar-refractivity contribution in [3.8, 4) is 5.75 Å². The molecule has 2 aliphatic heterocycles. The molecule has 4 aliphatic rings. The Labute approximate surface area is 192 Å². The number of benzene rings is 1. The van der Waals surface area contributed by atoms with Crippen LogP contribution in [0.3, 0.4) is 0 Å². The second-order valence-electron chi connectivity index (χ2n) is 8.45. The molecule has 1 aromatic carbocycles. The second-order valence-corrected chi connectivity index (χ2v) is 8.45. The first kappa shape index (κ1) is 26.1. The zero-order valence-corrected chi connectivity index (χ0v) is 19.8. The minimum absolute atomic E-state index is 0.130. The van der Waals surface area contributed by atoms with E-state index in [4.69, 9.17) is 25.7 Å². The molecule has 2 saturated heterocycles. The van der Waals surface area contributed by atoms with Crippen LogP contribution < -0.4 is 16.2 Å². The van der Waals surface area contributed by atoms with Gasteiger partial charge in [0.05, 0.1) is 24.7 Å². The molecule has 0 radical (unpaired) electrons. The van der Waals surface area contributed by atoms with Crippen LogP contribution in [-0.2, 0) is 24.5 Å². The lowest BCUT2D eigenvalue weighted by Gasteiger charge is -2.25. The monoisotopic (exact) mass is 448 g/mol. The zero-order chi connectivity index (χ0) is 23.6. The van der Waals surface area contributed by atoms with Gasteiger partial charge in [-0.05, 0) is 56.2 Å². The van der Waals surface area contributed by atoms with E-state index in [-0.39, 0.29) is 17.7 Å². The molecule has 0 aromatic heterocycles. The molecule has 5 rings (SSSR count). The Balaban J connectivity index is 0.000000187. The molecule has 2 unspecified atom stereocenters. The van der Waals surface area contributed by atoms with Crippen molar-refractivity contribution in [2.45, 2.75) is 82.8 Å². The lowest BCUT2D eigenvalue weighted by Crippen LogP contribution is -2.38. The van der Waals surface area contributed by atoms with Crippen molar-refractivity contribution in [1.29, 1.82) is 0 Å². The average molecular weight is 449 g/mol. The van der Waals surface area contributed by atoms with E-state index in [1.54, 1.807) is 7.11 Å². The number of nitrogens with two attached hydrogens (primary N) is 2. The molecule has 180 valence electrons. The van der Waals surface area contributed by atoms with Crippen LogP contribution in [-0.4, -0.2) is 44.3 Å². The Hall–Kier alpha value is -2.12. The number of ether oxygens (including phenoxy) is 3. The van der Waals surface area contributed by atoms with Crippen molar-refractivity contribution in [3.05, 3.63) is 29.8 Å². The number of carbonyl (C=O) groups excluding carboxylic acids is 2. The van der Waals surface area contributed by atoms with Crippen LogP contribution in [0.1, 0.15) is 70.8 Å². The van der Waals surface area contributed by atoms with E-state index in [0.29, 0.717) is 12.2 Å². The van der Waals surface area contributed by atoms with Gasteiger partial charge in [0.2, 0.25) is 11.8 Å². The highest BCUT2D eigenvalue weighted by molar-refractivity contribution is 5.87. The normalized spacial score (nSPS) is 24.5. The quantitative estimate of drug-likeness (QED) is 0.732. The Bertz CT molecular complexity index is 692. The summed E-state index contributed by atoms with van der Waals surface area (Å²) in [5.41, 5.74) is 11.0. The van der Waals surface area contributed by atoms with Gasteiger partial charge in [0, 0.05) is 19.1 Å². The first-order valence-electron chi connectivity index (χ1n) is 11.9. The van der Waals surface area contributed by atoms with Crippen LogP contribution >= 0.6 is 0 Å². The third-order valence-corrected chi connectivity index (χ3v) is 6.43. The summed E-state index contributed by atoms with van der Waals surface area (Å²) in [6.07, 6.45) is 9.08. The number of fused-ring (bicyclic) bond motifs is 1. The molecular formula is C25H40N2O5. The fourth-order valence-corrected chi connectivity index (χ4v) is 4.36. The Kier molecular flexibility index (Phi) is 10.5. The number of hydrogen-bond acceptors (Lipinski definition) is 5. The summed E-state index contributed by atoms with van der Waals surface area (Å²) in [4.78, 5) is 21.7. The molecule has 1 aromatic rings. The Morgan fingerprint density at radius 3 is 1.75 bits per heavy atom. The van der Waals surface area contributed by atoms with Crippen LogP contribution in [0.2, 0.25) is 0 Å². The van der Waals surface area contributed by atoms with E-state index in [2.05, 4.69) is 0 Å². The number of methoxy groups -OCH3 is 1. The minimum Gasteiger partial charge on any atom is -0.497 e. The van der Waals surface area contributed by atoms with Gasteiger partial charge in [0.1, 0.15) is 5.75 Å². The molecule has 2 saturated carbocycles. The van der Waals surface area contributed by atoms with Gasteiger partial charge in [-0.25, -0.2) is 0 Å². The molecule has 2 atom stereocenters. The number of carbonyl (C=O) groups is 2.